The third-order valence-corrected chi connectivity index (χ3v) is 3.07. The van der Waals surface area contributed by atoms with Crippen LogP contribution < -0.4 is 10.6 Å². The molecule has 1 aromatic rings. The average Bonchev–Trinajstić information content (AvgIpc) is 2.37. The second kappa shape index (κ2) is 8.56. The lowest BCUT2D eigenvalue weighted by atomic mass is 10.1. The third kappa shape index (κ3) is 6.04. The molecule has 0 aromatic carbocycles. The number of carbonyl (C=O) groups excluding carboxylic acids is 1. The van der Waals surface area contributed by atoms with Crippen LogP contribution in [0.25, 0.3) is 0 Å². The van der Waals surface area contributed by atoms with E-state index >= 15 is 0 Å². The molecule has 0 saturated carbocycles. The molecule has 20 heavy (non-hydrogen) atoms. The molecule has 2 N–H and O–H groups in total. The van der Waals surface area contributed by atoms with Gasteiger partial charge in [0.15, 0.2) is 0 Å². The van der Waals surface area contributed by atoms with Gasteiger partial charge in [-0.05, 0) is 38.3 Å². The molecule has 1 aromatic heterocycles. The molecule has 1 amide bonds. The Morgan fingerprint density at radius 3 is 2.70 bits per heavy atom. The van der Waals surface area contributed by atoms with E-state index in [0.29, 0.717) is 5.56 Å². The quantitative estimate of drug-likeness (QED) is 0.716. The molecule has 0 radical (unpaired) electrons. The van der Waals surface area contributed by atoms with E-state index in [-0.39, 0.29) is 5.91 Å². The smallest absolute Gasteiger partial charge is 0.251 e. The molecule has 1 rings (SSSR count). The third-order valence-electron chi connectivity index (χ3n) is 3.07. The SMILES string of the molecule is CCNc1cc(C(=O)NCCCCC(C)C)cc(C)n1. The molecule has 1 heterocycles. The highest BCUT2D eigenvalue weighted by Crippen LogP contribution is 2.10. The normalized spacial score (nSPS) is 10.7. The van der Waals surface area contributed by atoms with Crippen LogP contribution in [0, 0.1) is 12.8 Å². The minimum Gasteiger partial charge on any atom is -0.370 e. The Morgan fingerprint density at radius 2 is 2.05 bits per heavy atom. The number of hydrogen-bond donors (Lipinski definition) is 2. The summed E-state index contributed by atoms with van der Waals surface area (Å²) in [5, 5.41) is 6.12. The first-order valence-corrected chi connectivity index (χ1v) is 7.53. The van der Waals surface area contributed by atoms with Crippen LogP contribution >= 0.6 is 0 Å². The zero-order valence-corrected chi connectivity index (χ0v) is 13.1. The Balaban J connectivity index is 2.46. The number of amides is 1. The van der Waals surface area contributed by atoms with Crippen molar-refractivity contribution in [3.63, 3.8) is 0 Å². The van der Waals surface area contributed by atoms with Gasteiger partial charge < -0.3 is 10.6 Å². The molecule has 0 aliphatic heterocycles. The molecular weight excluding hydrogens is 250 g/mol. The second-order valence-corrected chi connectivity index (χ2v) is 5.56. The lowest BCUT2D eigenvalue weighted by Crippen LogP contribution is -2.24. The van der Waals surface area contributed by atoms with Crippen molar-refractivity contribution < 1.29 is 4.79 Å². The van der Waals surface area contributed by atoms with Crippen LogP contribution in [0.4, 0.5) is 5.82 Å². The Hall–Kier alpha value is -1.58. The topological polar surface area (TPSA) is 54.0 Å². The van der Waals surface area contributed by atoms with E-state index in [1.807, 2.05) is 19.9 Å². The summed E-state index contributed by atoms with van der Waals surface area (Å²) in [5.74, 6) is 1.48. The summed E-state index contributed by atoms with van der Waals surface area (Å²) in [6.07, 6.45) is 3.42. The Morgan fingerprint density at radius 1 is 1.30 bits per heavy atom. The summed E-state index contributed by atoms with van der Waals surface area (Å²) < 4.78 is 0. The standard InChI is InChI=1S/C16H27N3O/c1-5-17-15-11-14(10-13(4)19-15)16(20)18-9-7-6-8-12(2)3/h10-12H,5-9H2,1-4H3,(H,17,19)(H,18,20). The molecule has 112 valence electrons. The first-order valence-electron chi connectivity index (χ1n) is 7.53. The van der Waals surface area contributed by atoms with E-state index in [2.05, 4.69) is 29.5 Å². The number of nitrogens with zero attached hydrogens (tertiary/aromatic N) is 1. The van der Waals surface area contributed by atoms with Crippen LogP contribution in [0.1, 0.15) is 56.1 Å². The summed E-state index contributed by atoms with van der Waals surface area (Å²) in [7, 11) is 0. The molecule has 0 atom stereocenters. The molecular formula is C16H27N3O. The van der Waals surface area contributed by atoms with Gasteiger partial charge in [-0.3, -0.25) is 4.79 Å². The van der Waals surface area contributed by atoms with Crippen LogP contribution in [-0.4, -0.2) is 24.0 Å². The summed E-state index contributed by atoms with van der Waals surface area (Å²) in [4.78, 5) is 16.4. The molecule has 0 aliphatic carbocycles. The van der Waals surface area contributed by atoms with Crippen LogP contribution in [0.15, 0.2) is 12.1 Å². The van der Waals surface area contributed by atoms with Gasteiger partial charge >= 0.3 is 0 Å². The van der Waals surface area contributed by atoms with Gasteiger partial charge in [-0.2, -0.15) is 0 Å². The Kier molecular flexibility index (Phi) is 7.05. The van der Waals surface area contributed by atoms with Gasteiger partial charge in [-0.15, -0.1) is 0 Å². The van der Waals surface area contributed by atoms with Crippen molar-refractivity contribution in [2.45, 2.75) is 47.0 Å². The number of nitrogens with one attached hydrogen (secondary N) is 2. The van der Waals surface area contributed by atoms with Crippen LogP contribution in [0.3, 0.4) is 0 Å². The van der Waals surface area contributed by atoms with Crippen molar-refractivity contribution in [3.8, 4) is 0 Å². The van der Waals surface area contributed by atoms with E-state index in [4.69, 9.17) is 0 Å². The fourth-order valence-corrected chi connectivity index (χ4v) is 2.05. The first kappa shape index (κ1) is 16.5. The Labute approximate surface area is 122 Å². The van der Waals surface area contributed by atoms with E-state index < -0.39 is 0 Å². The lowest BCUT2D eigenvalue weighted by Gasteiger charge is -2.09. The zero-order valence-electron chi connectivity index (χ0n) is 13.1. The highest BCUT2D eigenvalue weighted by molar-refractivity contribution is 5.94. The molecule has 0 aliphatic rings. The van der Waals surface area contributed by atoms with Crippen molar-refractivity contribution in [3.05, 3.63) is 23.4 Å². The van der Waals surface area contributed by atoms with Gasteiger partial charge in [0.05, 0.1) is 0 Å². The monoisotopic (exact) mass is 277 g/mol. The second-order valence-electron chi connectivity index (χ2n) is 5.56. The number of carbonyl (C=O) groups is 1. The highest BCUT2D eigenvalue weighted by atomic mass is 16.1. The maximum absolute atomic E-state index is 12.1. The van der Waals surface area contributed by atoms with Crippen LogP contribution in [0.5, 0.6) is 0 Å². The fraction of sp³-hybridized carbons (Fsp3) is 0.625. The molecule has 0 spiro atoms. The fourth-order valence-electron chi connectivity index (χ4n) is 2.05. The number of anilines is 1. The number of hydrogen-bond acceptors (Lipinski definition) is 3. The van der Waals surface area contributed by atoms with Gasteiger partial charge in [0.25, 0.3) is 5.91 Å². The minimum atomic E-state index is -0.0146. The van der Waals surface area contributed by atoms with Gasteiger partial charge in [0, 0.05) is 24.3 Å². The average molecular weight is 277 g/mol. The van der Waals surface area contributed by atoms with Crippen molar-refractivity contribution in [1.29, 1.82) is 0 Å². The molecule has 0 bridgehead atoms. The van der Waals surface area contributed by atoms with Gasteiger partial charge in [-0.25, -0.2) is 4.98 Å². The summed E-state index contributed by atoms with van der Waals surface area (Å²) in [6.45, 7) is 9.90. The van der Waals surface area contributed by atoms with Crippen molar-refractivity contribution >= 4 is 11.7 Å². The van der Waals surface area contributed by atoms with E-state index in [0.717, 1.165) is 43.4 Å². The number of aryl methyl sites for hydroxylation is 1. The first-order chi connectivity index (χ1) is 9.52. The predicted molar refractivity (Wildman–Crippen MR) is 84.2 cm³/mol. The van der Waals surface area contributed by atoms with E-state index in [1.54, 1.807) is 6.07 Å². The van der Waals surface area contributed by atoms with Crippen molar-refractivity contribution in [2.24, 2.45) is 5.92 Å². The summed E-state index contributed by atoms with van der Waals surface area (Å²) in [6, 6.07) is 3.63. The van der Waals surface area contributed by atoms with Crippen LogP contribution in [-0.2, 0) is 0 Å². The van der Waals surface area contributed by atoms with E-state index in [1.165, 1.54) is 6.42 Å². The lowest BCUT2D eigenvalue weighted by molar-refractivity contribution is 0.0952. The summed E-state index contributed by atoms with van der Waals surface area (Å²) in [5.41, 5.74) is 1.53. The van der Waals surface area contributed by atoms with Gasteiger partial charge in [0.1, 0.15) is 5.82 Å². The molecule has 0 fully saturated rings. The predicted octanol–water partition coefficient (Wildman–Crippen LogP) is 3.38. The van der Waals surface area contributed by atoms with Crippen molar-refractivity contribution in [2.75, 3.05) is 18.4 Å². The molecule has 0 saturated heterocycles. The maximum Gasteiger partial charge on any atom is 0.251 e. The number of aromatic nitrogens is 1. The van der Waals surface area contributed by atoms with Crippen LogP contribution in [0.2, 0.25) is 0 Å². The Bertz CT molecular complexity index is 430. The molecule has 4 nitrogen and oxygen atoms in total. The number of unbranched alkanes of at least 4 members (excludes halogenated alkanes) is 1. The maximum atomic E-state index is 12.1. The summed E-state index contributed by atoms with van der Waals surface area (Å²) >= 11 is 0. The molecule has 0 unspecified atom stereocenters. The zero-order chi connectivity index (χ0) is 15.0. The minimum absolute atomic E-state index is 0.0146. The van der Waals surface area contributed by atoms with E-state index in [9.17, 15) is 4.79 Å². The number of rotatable bonds is 8. The number of pyridine rings is 1. The van der Waals surface area contributed by atoms with Crippen molar-refractivity contribution in [1.82, 2.24) is 10.3 Å². The van der Waals surface area contributed by atoms with Gasteiger partial charge in [-0.1, -0.05) is 26.7 Å². The van der Waals surface area contributed by atoms with Gasteiger partial charge in [0.2, 0.25) is 0 Å². The highest BCUT2D eigenvalue weighted by Gasteiger charge is 2.07. The molecule has 4 heteroatoms. The largest absolute Gasteiger partial charge is 0.370 e.